The van der Waals surface area contributed by atoms with Gasteiger partial charge in [0.05, 0.1) is 31.0 Å². The van der Waals surface area contributed by atoms with Crippen molar-refractivity contribution in [3.63, 3.8) is 0 Å². The number of aromatic nitrogens is 2. The maximum Gasteiger partial charge on any atom is 0.162 e. The fourth-order valence-electron chi connectivity index (χ4n) is 4.67. The molecule has 0 saturated carbocycles. The van der Waals surface area contributed by atoms with Gasteiger partial charge in [0.15, 0.2) is 11.5 Å². The Morgan fingerprint density at radius 3 is 3.00 bits per heavy atom. The molecule has 2 aliphatic rings. The third kappa shape index (κ3) is 4.69. The molecular formula is C24H26ClFN4O3. The Balaban J connectivity index is 1.31. The van der Waals surface area contributed by atoms with E-state index in [9.17, 15) is 4.39 Å². The van der Waals surface area contributed by atoms with E-state index in [0.717, 1.165) is 39.0 Å². The van der Waals surface area contributed by atoms with E-state index in [4.69, 9.17) is 25.8 Å². The van der Waals surface area contributed by atoms with Gasteiger partial charge in [-0.25, -0.2) is 14.4 Å². The maximum atomic E-state index is 14.2. The summed E-state index contributed by atoms with van der Waals surface area (Å²) in [6.07, 6.45) is 4.96. The second kappa shape index (κ2) is 9.67. The van der Waals surface area contributed by atoms with E-state index in [1.165, 1.54) is 24.5 Å². The third-order valence-corrected chi connectivity index (χ3v) is 6.53. The number of fused-ring (bicyclic) bond motifs is 2. The normalized spacial score (nSPS) is 20.2. The molecule has 3 heterocycles. The van der Waals surface area contributed by atoms with Gasteiger partial charge in [0, 0.05) is 42.2 Å². The molecule has 33 heavy (non-hydrogen) atoms. The molecule has 0 bridgehead atoms. The number of hydrogen-bond acceptors (Lipinski definition) is 7. The minimum absolute atomic E-state index is 0.237. The topological polar surface area (TPSA) is 68.7 Å². The molecule has 2 aromatic carbocycles. The highest BCUT2D eigenvalue weighted by Gasteiger charge is 2.38. The zero-order valence-corrected chi connectivity index (χ0v) is 19.1. The Labute approximate surface area is 196 Å². The van der Waals surface area contributed by atoms with Gasteiger partial charge in [-0.15, -0.1) is 0 Å². The smallest absolute Gasteiger partial charge is 0.162 e. The lowest BCUT2D eigenvalue weighted by Crippen LogP contribution is -2.33. The standard InChI is InChI=1S/C24H26ClFN4O3/c1-31-22-13-18-16(24(28-14-27-18)29-19-11-15(25)3-4-17(19)26)12-23(22)32-9-2-7-30-8-5-21-20(30)6-10-33-21/h3-4,11-14,20-21H,2,5-10H2,1H3,(H,27,28,29). The highest BCUT2D eigenvalue weighted by molar-refractivity contribution is 6.30. The van der Waals surface area contributed by atoms with Gasteiger partial charge in [-0.05, 0) is 43.5 Å². The van der Waals surface area contributed by atoms with Crippen LogP contribution in [0.4, 0.5) is 15.9 Å². The molecule has 2 atom stereocenters. The van der Waals surface area contributed by atoms with Crippen LogP contribution < -0.4 is 14.8 Å². The lowest BCUT2D eigenvalue weighted by atomic mass is 10.1. The average molecular weight is 473 g/mol. The van der Waals surface area contributed by atoms with Gasteiger partial charge in [0.1, 0.15) is 18.0 Å². The van der Waals surface area contributed by atoms with E-state index in [1.807, 2.05) is 6.07 Å². The molecule has 0 spiro atoms. The van der Waals surface area contributed by atoms with Crippen molar-refractivity contribution >= 4 is 34.0 Å². The van der Waals surface area contributed by atoms with Crippen LogP contribution in [0.5, 0.6) is 11.5 Å². The summed E-state index contributed by atoms with van der Waals surface area (Å²) in [6, 6.07) is 8.51. The highest BCUT2D eigenvalue weighted by atomic mass is 35.5. The molecule has 2 aliphatic heterocycles. The van der Waals surface area contributed by atoms with Crippen LogP contribution in [0.3, 0.4) is 0 Å². The summed E-state index contributed by atoms with van der Waals surface area (Å²) >= 11 is 6.03. The van der Waals surface area contributed by atoms with E-state index in [1.54, 1.807) is 13.2 Å². The average Bonchev–Trinajstić information content (AvgIpc) is 3.43. The van der Waals surface area contributed by atoms with Gasteiger partial charge in [0.25, 0.3) is 0 Å². The number of halogens is 2. The number of hydrogen-bond donors (Lipinski definition) is 1. The van der Waals surface area contributed by atoms with E-state index in [-0.39, 0.29) is 5.69 Å². The molecule has 5 rings (SSSR count). The molecule has 174 valence electrons. The van der Waals surface area contributed by atoms with Crippen molar-refractivity contribution in [1.82, 2.24) is 14.9 Å². The first-order chi connectivity index (χ1) is 16.1. The van der Waals surface area contributed by atoms with Crippen LogP contribution in [0.2, 0.25) is 5.02 Å². The van der Waals surface area contributed by atoms with E-state index >= 15 is 0 Å². The number of likely N-dealkylation sites (tertiary alicyclic amines) is 1. The van der Waals surface area contributed by atoms with Gasteiger partial charge in [-0.1, -0.05) is 11.6 Å². The van der Waals surface area contributed by atoms with Crippen LogP contribution in [0.25, 0.3) is 10.9 Å². The Hall–Kier alpha value is -2.68. The quantitative estimate of drug-likeness (QED) is 0.472. The van der Waals surface area contributed by atoms with Gasteiger partial charge >= 0.3 is 0 Å². The largest absolute Gasteiger partial charge is 0.493 e. The third-order valence-electron chi connectivity index (χ3n) is 6.29. The molecule has 0 aliphatic carbocycles. The van der Waals surface area contributed by atoms with Gasteiger partial charge < -0.3 is 19.5 Å². The molecule has 0 radical (unpaired) electrons. The van der Waals surface area contributed by atoms with Crippen molar-refractivity contribution in [2.24, 2.45) is 0 Å². The maximum absolute atomic E-state index is 14.2. The van der Waals surface area contributed by atoms with Gasteiger partial charge in [-0.2, -0.15) is 0 Å². The second-order valence-corrected chi connectivity index (χ2v) is 8.72. The molecule has 1 aromatic heterocycles. The molecule has 7 nitrogen and oxygen atoms in total. The number of nitrogens with one attached hydrogen (secondary N) is 1. The lowest BCUT2D eigenvalue weighted by molar-refractivity contribution is 0.105. The molecule has 2 saturated heterocycles. The first-order valence-electron chi connectivity index (χ1n) is 11.2. The first-order valence-corrected chi connectivity index (χ1v) is 11.5. The molecule has 9 heteroatoms. The lowest BCUT2D eigenvalue weighted by Gasteiger charge is -2.22. The van der Waals surface area contributed by atoms with Crippen LogP contribution in [-0.2, 0) is 4.74 Å². The number of methoxy groups -OCH3 is 1. The zero-order chi connectivity index (χ0) is 22.8. The summed E-state index contributed by atoms with van der Waals surface area (Å²) in [4.78, 5) is 11.1. The van der Waals surface area contributed by atoms with Gasteiger partial charge in [0.2, 0.25) is 0 Å². The van der Waals surface area contributed by atoms with Crippen molar-refractivity contribution in [3.8, 4) is 11.5 Å². The summed E-state index contributed by atoms with van der Waals surface area (Å²) in [5.74, 6) is 1.22. The van der Waals surface area contributed by atoms with Crippen molar-refractivity contribution in [3.05, 3.63) is 47.5 Å². The summed E-state index contributed by atoms with van der Waals surface area (Å²) in [7, 11) is 1.60. The number of ether oxygens (including phenoxy) is 3. The van der Waals surface area contributed by atoms with Crippen molar-refractivity contribution in [2.75, 3.05) is 38.7 Å². The Morgan fingerprint density at radius 2 is 2.12 bits per heavy atom. The first kappa shape index (κ1) is 22.1. The van der Waals surface area contributed by atoms with Crippen molar-refractivity contribution in [2.45, 2.75) is 31.4 Å². The fraction of sp³-hybridized carbons (Fsp3) is 0.417. The zero-order valence-electron chi connectivity index (χ0n) is 18.4. The molecule has 2 unspecified atom stereocenters. The molecule has 1 N–H and O–H groups in total. The molecular weight excluding hydrogens is 447 g/mol. The number of benzene rings is 2. The van der Waals surface area contributed by atoms with Crippen LogP contribution in [0, 0.1) is 5.82 Å². The minimum atomic E-state index is -0.423. The van der Waals surface area contributed by atoms with Crippen LogP contribution in [0.15, 0.2) is 36.7 Å². The number of anilines is 2. The van der Waals surface area contributed by atoms with E-state index in [0.29, 0.717) is 52.0 Å². The van der Waals surface area contributed by atoms with E-state index in [2.05, 4.69) is 20.2 Å². The Bertz CT molecular complexity index is 1150. The van der Waals surface area contributed by atoms with Crippen LogP contribution in [0.1, 0.15) is 19.3 Å². The van der Waals surface area contributed by atoms with Crippen molar-refractivity contribution in [1.29, 1.82) is 0 Å². The van der Waals surface area contributed by atoms with Gasteiger partial charge in [-0.3, -0.25) is 4.90 Å². The minimum Gasteiger partial charge on any atom is -0.493 e. The highest BCUT2D eigenvalue weighted by Crippen LogP contribution is 2.35. The fourth-order valence-corrected chi connectivity index (χ4v) is 4.85. The SMILES string of the molecule is COc1cc2ncnc(Nc3cc(Cl)ccc3F)c2cc1OCCCN1CCC2OCCC21. The monoisotopic (exact) mass is 472 g/mol. The predicted molar refractivity (Wildman–Crippen MR) is 125 cm³/mol. The second-order valence-electron chi connectivity index (χ2n) is 8.28. The van der Waals surface area contributed by atoms with Crippen molar-refractivity contribution < 1.29 is 18.6 Å². The van der Waals surface area contributed by atoms with Crippen LogP contribution >= 0.6 is 11.6 Å². The summed E-state index contributed by atoms with van der Waals surface area (Å²) in [5.41, 5.74) is 0.893. The van der Waals surface area contributed by atoms with E-state index < -0.39 is 5.82 Å². The Kier molecular flexibility index (Phi) is 6.48. The molecule has 2 fully saturated rings. The Morgan fingerprint density at radius 1 is 1.21 bits per heavy atom. The summed E-state index contributed by atoms with van der Waals surface area (Å²) in [6.45, 7) is 3.48. The summed E-state index contributed by atoms with van der Waals surface area (Å²) < 4.78 is 31.6. The van der Waals surface area contributed by atoms with Crippen LogP contribution in [-0.4, -0.2) is 60.4 Å². The molecule has 3 aromatic rings. The number of nitrogens with zero attached hydrogens (tertiary/aromatic N) is 3. The summed E-state index contributed by atoms with van der Waals surface area (Å²) in [5, 5.41) is 4.14. The molecule has 0 amide bonds. The number of rotatable bonds is 8. The predicted octanol–water partition coefficient (Wildman–Crippen LogP) is 4.81.